The zero-order valence-electron chi connectivity index (χ0n) is 8.04. The van der Waals surface area contributed by atoms with Crippen molar-refractivity contribution in [3.63, 3.8) is 0 Å². The molecule has 0 saturated heterocycles. The Labute approximate surface area is 89.2 Å². The van der Waals surface area contributed by atoms with Crippen molar-refractivity contribution in [1.82, 2.24) is 5.43 Å². The first-order valence-electron chi connectivity index (χ1n) is 4.23. The van der Waals surface area contributed by atoms with Gasteiger partial charge < -0.3 is 4.74 Å². The molecule has 0 bridgehead atoms. The predicted molar refractivity (Wildman–Crippen MR) is 49.6 cm³/mol. The van der Waals surface area contributed by atoms with Crippen molar-refractivity contribution in [3.8, 4) is 5.75 Å². The van der Waals surface area contributed by atoms with Gasteiger partial charge in [-0.25, -0.2) is 5.84 Å². The van der Waals surface area contributed by atoms with Gasteiger partial charge in [0.2, 0.25) is 0 Å². The van der Waals surface area contributed by atoms with Crippen LogP contribution in [0.1, 0.15) is 10.4 Å². The number of alkyl halides is 3. The Morgan fingerprint density at radius 1 is 1.38 bits per heavy atom. The molecule has 16 heavy (non-hydrogen) atoms. The molecule has 0 heterocycles. The molecule has 1 amide bonds. The van der Waals surface area contributed by atoms with Crippen molar-refractivity contribution in [2.75, 3.05) is 6.61 Å². The van der Waals surface area contributed by atoms with E-state index in [1.54, 1.807) is 0 Å². The highest BCUT2D eigenvalue weighted by Crippen LogP contribution is 2.21. The number of amides is 1. The first kappa shape index (κ1) is 12.3. The largest absolute Gasteiger partial charge is 0.483 e. The minimum atomic E-state index is -4.45. The molecule has 0 atom stereocenters. The average molecular weight is 234 g/mol. The summed E-state index contributed by atoms with van der Waals surface area (Å²) in [4.78, 5) is 11.2. The van der Waals surface area contributed by atoms with Crippen LogP contribution in [0.25, 0.3) is 0 Å². The van der Waals surface area contributed by atoms with E-state index in [4.69, 9.17) is 5.84 Å². The van der Waals surface area contributed by atoms with E-state index >= 15 is 0 Å². The van der Waals surface area contributed by atoms with Crippen LogP contribution in [-0.2, 0) is 0 Å². The Morgan fingerprint density at radius 3 is 2.56 bits per heavy atom. The van der Waals surface area contributed by atoms with Gasteiger partial charge in [-0.3, -0.25) is 10.2 Å². The monoisotopic (exact) mass is 234 g/mol. The maximum atomic E-state index is 11.9. The summed E-state index contributed by atoms with van der Waals surface area (Å²) in [6.45, 7) is -1.46. The predicted octanol–water partition coefficient (Wildman–Crippen LogP) is 1.23. The van der Waals surface area contributed by atoms with Crippen molar-refractivity contribution in [2.45, 2.75) is 6.18 Å². The lowest BCUT2D eigenvalue weighted by Gasteiger charge is -2.11. The van der Waals surface area contributed by atoms with Crippen molar-refractivity contribution >= 4 is 5.91 Å². The molecule has 0 saturated carbocycles. The highest BCUT2D eigenvalue weighted by molar-refractivity contribution is 5.96. The molecular formula is C9H9F3N2O2. The van der Waals surface area contributed by atoms with Crippen LogP contribution < -0.4 is 16.0 Å². The van der Waals surface area contributed by atoms with Crippen LogP contribution in [0, 0.1) is 0 Å². The van der Waals surface area contributed by atoms with Gasteiger partial charge in [0, 0.05) is 0 Å². The third kappa shape index (κ3) is 3.43. The van der Waals surface area contributed by atoms with Crippen LogP contribution in [-0.4, -0.2) is 18.7 Å². The zero-order chi connectivity index (χ0) is 12.2. The molecule has 0 unspecified atom stereocenters. The van der Waals surface area contributed by atoms with Gasteiger partial charge in [0.15, 0.2) is 6.61 Å². The number of hydrogen-bond donors (Lipinski definition) is 2. The SMILES string of the molecule is NNC(=O)c1ccccc1OCC(F)(F)F. The third-order valence-corrected chi connectivity index (χ3v) is 1.65. The van der Waals surface area contributed by atoms with E-state index in [0.29, 0.717) is 0 Å². The molecule has 1 aromatic carbocycles. The zero-order valence-corrected chi connectivity index (χ0v) is 8.04. The molecule has 7 heteroatoms. The van der Waals surface area contributed by atoms with E-state index in [0.717, 1.165) is 0 Å². The van der Waals surface area contributed by atoms with Crippen LogP contribution in [0.15, 0.2) is 24.3 Å². The number of benzene rings is 1. The summed E-state index contributed by atoms with van der Waals surface area (Å²) in [5.41, 5.74) is 1.77. The van der Waals surface area contributed by atoms with Gasteiger partial charge in [-0.1, -0.05) is 12.1 Å². The molecule has 0 aromatic heterocycles. The van der Waals surface area contributed by atoms with Gasteiger partial charge in [0.05, 0.1) is 5.56 Å². The van der Waals surface area contributed by atoms with Crippen LogP contribution in [0.2, 0.25) is 0 Å². The quantitative estimate of drug-likeness (QED) is 0.469. The van der Waals surface area contributed by atoms with E-state index in [2.05, 4.69) is 4.74 Å². The molecule has 4 nitrogen and oxygen atoms in total. The lowest BCUT2D eigenvalue weighted by atomic mass is 10.2. The summed E-state index contributed by atoms with van der Waals surface area (Å²) in [5.74, 6) is 4.00. The number of carbonyl (C=O) groups is 1. The standard InChI is InChI=1S/C9H9F3N2O2/c10-9(11,12)5-16-7-4-2-1-3-6(7)8(15)14-13/h1-4H,5,13H2,(H,14,15). The maximum absolute atomic E-state index is 11.9. The topological polar surface area (TPSA) is 64.3 Å². The number of carbonyl (C=O) groups excluding carboxylic acids is 1. The Kier molecular flexibility index (Phi) is 3.73. The maximum Gasteiger partial charge on any atom is 0.422 e. The Hall–Kier alpha value is -1.76. The molecular weight excluding hydrogens is 225 g/mol. The number of hydrazine groups is 1. The number of halogens is 3. The number of para-hydroxylation sites is 1. The van der Waals surface area contributed by atoms with E-state index in [-0.39, 0.29) is 11.3 Å². The average Bonchev–Trinajstić information content (AvgIpc) is 2.25. The van der Waals surface area contributed by atoms with Crippen molar-refractivity contribution in [2.24, 2.45) is 5.84 Å². The Bertz CT molecular complexity index is 379. The molecule has 1 rings (SSSR count). The summed E-state index contributed by atoms with van der Waals surface area (Å²) < 4.78 is 40.2. The van der Waals surface area contributed by atoms with Gasteiger partial charge in [0.25, 0.3) is 5.91 Å². The second-order valence-corrected chi connectivity index (χ2v) is 2.87. The van der Waals surface area contributed by atoms with Gasteiger partial charge in [-0.2, -0.15) is 13.2 Å². The first-order valence-corrected chi connectivity index (χ1v) is 4.23. The van der Waals surface area contributed by atoms with E-state index < -0.39 is 18.7 Å². The Balaban J connectivity index is 2.83. The molecule has 88 valence electrons. The lowest BCUT2D eigenvalue weighted by Crippen LogP contribution is -2.30. The highest BCUT2D eigenvalue weighted by Gasteiger charge is 2.29. The molecule has 0 aliphatic rings. The van der Waals surface area contributed by atoms with Gasteiger partial charge in [0.1, 0.15) is 5.75 Å². The second kappa shape index (κ2) is 4.84. The summed E-state index contributed by atoms with van der Waals surface area (Å²) in [7, 11) is 0. The summed E-state index contributed by atoms with van der Waals surface area (Å²) in [5, 5.41) is 0. The van der Waals surface area contributed by atoms with E-state index in [9.17, 15) is 18.0 Å². The highest BCUT2D eigenvalue weighted by atomic mass is 19.4. The molecule has 0 fully saturated rings. The fraction of sp³-hybridized carbons (Fsp3) is 0.222. The van der Waals surface area contributed by atoms with Crippen LogP contribution >= 0.6 is 0 Å². The normalized spacial score (nSPS) is 11.0. The van der Waals surface area contributed by atoms with Gasteiger partial charge >= 0.3 is 6.18 Å². The number of ether oxygens (including phenoxy) is 1. The minimum absolute atomic E-state index is 0.0470. The number of nitrogens with one attached hydrogen (secondary N) is 1. The van der Waals surface area contributed by atoms with Crippen LogP contribution in [0.4, 0.5) is 13.2 Å². The smallest absolute Gasteiger partial charge is 0.422 e. The fourth-order valence-electron chi connectivity index (χ4n) is 1.02. The molecule has 0 radical (unpaired) electrons. The molecule has 0 aliphatic heterocycles. The number of nitrogens with two attached hydrogens (primary N) is 1. The lowest BCUT2D eigenvalue weighted by molar-refractivity contribution is -0.153. The Morgan fingerprint density at radius 2 is 2.00 bits per heavy atom. The van der Waals surface area contributed by atoms with Crippen molar-refractivity contribution in [3.05, 3.63) is 29.8 Å². The number of rotatable bonds is 3. The summed E-state index contributed by atoms with van der Waals surface area (Å²) >= 11 is 0. The molecule has 0 aliphatic carbocycles. The van der Waals surface area contributed by atoms with Crippen LogP contribution in [0.3, 0.4) is 0 Å². The molecule has 1 aromatic rings. The number of hydrogen-bond acceptors (Lipinski definition) is 3. The van der Waals surface area contributed by atoms with Crippen molar-refractivity contribution in [1.29, 1.82) is 0 Å². The fourth-order valence-corrected chi connectivity index (χ4v) is 1.02. The van der Waals surface area contributed by atoms with Crippen molar-refractivity contribution < 1.29 is 22.7 Å². The summed E-state index contributed by atoms with van der Waals surface area (Å²) in [6, 6.07) is 5.52. The van der Waals surface area contributed by atoms with Crippen LogP contribution in [0.5, 0.6) is 5.75 Å². The van der Waals surface area contributed by atoms with E-state index in [1.165, 1.54) is 24.3 Å². The van der Waals surface area contributed by atoms with Gasteiger partial charge in [-0.15, -0.1) is 0 Å². The second-order valence-electron chi connectivity index (χ2n) is 2.87. The number of nitrogen functional groups attached to an aromatic ring is 1. The van der Waals surface area contributed by atoms with Gasteiger partial charge in [-0.05, 0) is 12.1 Å². The minimum Gasteiger partial charge on any atom is -0.483 e. The first-order chi connectivity index (χ1) is 7.44. The third-order valence-electron chi connectivity index (χ3n) is 1.65. The molecule has 3 N–H and O–H groups in total. The van der Waals surface area contributed by atoms with E-state index in [1.807, 2.05) is 5.43 Å². The summed E-state index contributed by atoms with van der Waals surface area (Å²) in [6.07, 6.45) is -4.45. The molecule has 0 spiro atoms.